The highest BCUT2D eigenvalue weighted by Gasteiger charge is 2.32. The first-order chi connectivity index (χ1) is 7.18. The number of nitrogens with one attached hydrogen (secondary N) is 1. The Morgan fingerprint density at radius 3 is 2.80 bits per heavy atom. The van der Waals surface area contributed by atoms with Gasteiger partial charge in [-0.3, -0.25) is 4.79 Å². The molecule has 0 spiro atoms. The molecule has 0 saturated heterocycles. The van der Waals surface area contributed by atoms with Crippen LogP contribution in [0.2, 0.25) is 0 Å². The van der Waals surface area contributed by atoms with Crippen LogP contribution in [0, 0.1) is 11.8 Å². The van der Waals surface area contributed by atoms with E-state index in [9.17, 15) is 9.90 Å². The quantitative estimate of drug-likeness (QED) is 0.790. The fourth-order valence-corrected chi connectivity index (χ4v) is 1.67. The van der Waals surface area contributed by atoms with Crippen molar-refractivity contribution in [2.75, 3.05) is 6.54 Å². The van der Waals surface area contributed by atoms with E-state index in [1.165, 1.54) is 12.5 Å². The normalized spacial score (nSPS) is 23.5. The van der Waals surface area contributed by atoms with Crippen LogP contribution in [0.25, 0.3) is 0 Å². The molecule has 1 aromatic rings. The molecule has 1 aliphatic rings. The van der Waals surface area contributed by atoms with Crippen molar-refractivity contribution in [3.05, 3.63) is 29.8 Å². The predicted octanol–water partition coefficient (Wildman–Crippen LogP) is 1.78. The first-order valence-corrected chi connectivity index (χ1v) is 5.24. The van der Waals surface area contributed by atoms with Gasteiger partial charge in [0, 0.05) is 6.54 Å². The van der Waals surface area contributed by atoms with Crippen LogP contribution in [0.1, 0.15) is 23.7 Å². The Morgan fingerprint density at radius 1 is 1.53 bits per heavy atom. The van der Waals surface area contributed by atoms with Gasteiger partial charge >= 0.3 is 0 Å². The Bertz CT molecular complexity index is 376. The molecule has 1 fully saturated rings. The van der Waals surface area contributed by atoms with Crippen molar-refractivity contribution in [2.24, 2.45) is 11.8 Å². The second-order valence-corrected chi connectivity index (χ2v) is 4.20. The van der Waals surface area contributed by atoms with E-state index >= 15 is 0 Å². The van der Waals surface area contributed by atoms with E-state index < -0.39 is 0 Å². The molecule has 3 nitrogen and oxygen atoms in total. The molecule has 0 radical (unpaired) electrons. The molecule has 0 bridgehead atoms. The lowest BCUT2D eigenvalue weighted by molar-refractivity contribution is 0.0948. The van der Waals surface area contributed by atoms with Gasteiger partial charge in [-0.15, -0.1) is 0 Å². The summed E-state index contributed by atoms with van der Waals surface area (Å²) >= 11 is 0. The zero-order valence-electron chi connectivity index (χ0n) is 8.73. The van der Waals surface area contributed by atoms with Gasteiger partial charge in [0.1, 0.15) is 5.75 Å². The van der Waals surface area contributed by atoms with Gasteiger partial charge in [0.2, 0.25) is 0 Å². The third-order valence-corrected chi connectivity index (χ3v) is 2.95. The van der Waals surface area contributed by atoms with Crippen molar-refractivity contribution in [1.29, 1.82) is 0 Å². The topological polar surface area (TPSA) is 49.3 Å². The van der Waals surface area contributed by atoms with Crippen molar-refractivity contribution in [1.82, 2.24) is 5.32 Å². The van der Waals surface area contributed by atoms with Gasteiger partial charge in [0.05, 0.1) is 5.56 Å². The molecule has 3 heteroatoms. The van der Waals surface area contributed by atoms with Gasteiger partial charge in [-0.1, -0.05) is 19.1 Å². The maximum atomic E-state index is 11.6. The number of carbonyl (C=O) groups is 1. The van der Waals surface area contributed by atoms with Crippen LogP contribution < -0.4 is 5.32 Å². The molecule has 2 unspecified atom stereocenters. The monoisotopic (exact) mass is 205 g/mol. The maximum absolute atomic E-state index is 11.6. The van der Waals surface area contributed by atoms with E-state index in [0.29, 0.717) is 18.0 Å². The SMILES string of the molecule is CC1CC1CNC(=O)c1ccccc1O. The van der Waals surface area contributed by atoms with E-state index in [1.807, 2.05) is 0 Å². The Morgan fingerprint density at radius 2 is 2.20 bits per heavy atom. The zero-order chi connectivity index (χ0) is 10.8. The summed E-state index contributed by atoms with van der Waals surface area (Å²) in [5.74, 6) is 1.21. The fraction of sp³-hybridized carbons (Fsp3) is 0.417. The first-order valence-electron chi connectivity index (χ1n) is 5.24. The molecule has 0 aromatic heterocycles. The first kappa shape index (κ1) is 10.0. The number of amides is 1. The fourth-order valence-electron chi connectivity index (χ4n) is 1.67. The molecular weight excluding hydrogens is 190 g/mol. The summed E-state index contributed by atoms with van der Waals surface area (Å²) in [5, 5.41) is 12.3. The van der Waals surface area contributed by atoms with Crippen LogP contribution >= 0.6 is 0 Å². The summed E-state index contributed by atoms with van der Waals surface area (Å²) in [4.78, 5) is 11.6. The molecule has 1 aromatic carbocycles. The number of phenols is 1. The maximum Gasteiger partial charge on any atom is 0.255 e. The van der Waals surface area contributed by atoms with E-state index in [1.54, 1.807) is 18.2 Å². The van der Waals surface area contributed by atoms with Crippen molar-refractivity contribution in [3.63, 3.8) is 0 Å². The Hall–Kier alpha value is -1.51. The van der Waals surface area contributed by atoms with Crippen LogP contribution in [-0.2, 0) is 0 Å². The van der Waals surface area contributed by atoms with Crippen LogP contribution in [-0.4, -0.2) is 17.6 Å². The van der Waals surface area contributed by atoms with Crippen LogP contribution in [0.5, 0.6) is 5.75 Å². The van der Waals surface area contributed by atoms with E-state index in [-0.39, 0.29) is 11.7 Å². The molecule has 2 atom stereocenters. The van der Waals surface area contributed by atoms with Crippen LogP contribution in [0.15, 0.2) is 24.3 Å². The molecule has 15 heavy (non-hydrogen) atoms. The lowest BCUT2D eigenvalue weighted by Crippen LogP contribution is -2.25. The highest BCUT2D eigenvalue weighted by Crippen LogP contribution is 2.36. The number of phenolic OH excluding ortho intramolecular Hbond substituents is 1. The number of hydrogen-bond donors (Lipinski definition) is 2. The number of rotatable bonds is 3. The number of hydrogen-bond acceptors (Lipinski definition) is 2. The van der Waals surface area contributed by atoms with Crippen molar-refractivity contribution in [2.45, 2.75) is 13.3 Å². The van der Waals surface area contributed by atoms with E-state index in [4.69, 9.17) is 0 Å². The van der Waals surface area contributed by atoms with Crippen LogP contribution in [0.3, 0.4) is 0 Å². The second-order valence-electron chi connectivity index (χ2n) is 4.20. The summed E-state index contributed by atoms with van der Waals surface area (Å²) in [6.45, 7) is 2.89. The number of aromatic hydroxyl groups is 1. The smallest absolute Gasteiger partial charge is 0.255 e. The standard InChI is InChI=1S/C12H15NO2/c1-8-6-9(8)7-13-12(15)10-4-2-3-5-11(10)14/h2-5,8-9,14H,6-7H2,1H3,(H,13,15). The molecule has 1 saturated carbocycles. The number of benzene rings is 1. The Balaban J connectivity index is 1.93. The highest BCUT2D eigenvalue weighted by atomic mass is 16.3. The van der Waals surface area contributed by atoms with Gasteiger partial charge in [0.25, 0.3) is 5.91 Å². The molecule has 1 amide bonds. The molecule has 0 aliphatic heterocycles. The van der Waals surface area contributed by atoms with Crippen molar-refractivity contribution >= 4 is 5.91 Å². The minimum atomic E-state index is -0.188. The molecule has 80 valence electrons. The number of carbonyl (C=O) groups excluding carboxylic acids is 1. The lowest BCUT2D eigenvalue weighted by atomic mass is 10.2. The van der Waals surface area contributed by atoms with Gasteiger partial charge in [-0.05, 0) is 30.4 Å². The van der Waals surface area contributed by atoms with Gasteiger partial charge in [-0.25, -0.2) is 0 Å². The van der Waals surface area contributed by atoms with Gasteiger partial charge < -0.3 is 10.4 Å². The Labute approximate surface area is 89.1 Å². The third kappa shape index (κ3) is 2.29. The lowest BCUT2D eigenvalue weighted by Gasteiger charge is -2.05. The van der Waals surface area contributed by atoms with Crippen LogP contribution in [0.4, 0.5) is 0 Å². The Kier molecular flexibility index (Phi) is 2.62. The molecule has 2 N–H and O–H groups in total. The molecule has 2 rings (SSSR count). The van der Waals surface area contributed by atoms with Gasteiger partial charge in [-0.2, -0.15) is 0 Å². The summed E-state index contributed by atoms with van der Waals surface area (Å²) < 4.78 is 0. The largest absolute Gasteiger partial charge is 0.507 e. The minimum Gasteiger partial charge on any atom is -0.507 e. The molecule has 0 heterocycles. The summed E-state index contributed by atoms with van der Waals surface area (Å²) in [5.41, 5.74) is 0.353. The average molecular weight is 205 g/mol. The van der Waals surface area contributed by atoms with Crippen molar-refractivity contribution < 1.29 is 9.90 Å². The molecule has 1 aliphatic carbocycles. The number of para-hydroxylation sites is 1. The third-order valence-electron chi connectivity index (χ3n) is 2.95. The molecular formula is C12H15NO2. The summed E-state index contributed by atoms with van der Waals surface area (Å²) in [7, 11) is 0. The summed E-state index contributed by atoms with van der Waals surface area (Å²) in [6.07, 6.45) is 1.20. The summed E-state index contributed by atoms with van der Waals surface area (Å²) in [6, 6.07) is 6.60. The van der Waals surface area contributed by atoms with Crippen molar-refractivity contribution in [3.8, 4) is 5.75 Å². The zero-order valence-corrected chi connectivity index (χ0v) is 8.73. The second kappa shape index (κ2) is 3.93. The van der Waals surface area contributed by atoms with E-state index in [2.05, 4.69) is 12.2 Å². The minimum absolute atomic E-state index is 0.0406. The highest BCUT2D eigenvalue weighted by molar-refractivity contribution is 5.96. The van der Waals surface area contributed by atoms with E-state index in [0.717, 1.165) is 5.92 Å². The average Bonchev–Trinajstić information content (AvgIpc) is 2.92. The van der Waals surface area contributed by atoms with Gasteiger partial charge in [0.15, 0.2) is 0 Å². The predicted molar refractivity (Wildman–Crippen MR) is 57.7 cm³/mol.